The molecule has 5 nitrogen and oxygen atoms in total. The maximum Gasteiger partial charge on any atom is 0.326 e. The second kappa shape index (κ2) is 6.64. The highest BCUT2D eigenvalue weighted by atomic mass is 79.9. The van der Waals surface area contributed by atoms with Gasteiger partial charge in [-0.25, -0.2) is 4.79 Å². The predicted octanol–water partition coefficient (Wildman–Crippen LogP) is 3.30. The number of amides is 1. The summed E-state index contributed by atoms with van der Waals surface area (Å²) in [6, 6.07) is 1.20. The van der Waals surface area contributed by atoms with E-state index in [1.54, 1.807) is 6.07 Å². The fraction of sp³-hybridized carbons (Fsp3) is 0.600. The first-order valence-electron chi connectivity index (χ1n) is 7.33. The average molecular weight is 357 g/mol. The van der Waals surface area contributed by atoms with E-state index in [9.17, 15) is 14.7 Å². The Labute approximate surface area is 133 Å². The quantitative estimate of drug-likeness (QED) is 0.903. The molecule has 0 bridgehead atoms. The molecule has 116 valence electrons. The van der Waals surface area contributed by atoms with Gasteiger partial charge < -0.3 is 14.6 Å². The molecule has 21 heavy (non-hydrogen) atoms. The molecule has 1 N–H and O–H groups in total. The minimum atomic E-state index is -0.910. The number of nitrogens with zero attached hydrogens (tertiary/aromatic N) is 2. The molecule has 1 aliphatic rings. The highest BCUT2D eigenvalue weighted by molar-refractivity contribution is 9.10. The summed E-state index contributed by atoms with van der Waals surface area (Å²) in [5.74, 6) is -1.10. The zero-order valence-electron chi connectivity index (χ0n) is 12.4. The van der Waals surface area contributed by atoms with Crippen LogP contribution in [0.2, 0.25) is 0 Å². The molecule has 1 atom stereocenters. The predicted molar refractivity (Wildman–Crippen MR) is 83.4 cm³/mol. The Kier molecular flexibility index (Phi) is 5.08. The lowest BCUT2D eigenvalue weighted by Gasteiger charge is -2.27. The Bertz CT molecular complexity index is 539. The Morgan fingerprint density at radius 1 is 1.33 bits per heavy atom. The number of hydrogen-bond acceptors (Lipinski definition) is 2. The van der Waals surface area contributed by atoms with Crippen LogP contribution in [-0.2, 0) is 4.79 Å². The van der Waals surface area contributed by atoms with Crippen LogP contribution in [0.5, 0.6) is 0 Å². The van der Waals surface area contributed by atoms with E-state index in [4.69, 9.17) is 0 Å². The second-order valence-corrected chi connectivity index (χ2v) is 6.66. The fourth-order valence-electron chi connectivity index (χ4n) is 2.80. The highest BCUT2D eigenvalue weighted by Gasteiger charge is 2.32. The number of halogens is 1. The monoisotopic (exact) mass is 356 g/mol. The van der Waals surface area contributed by atoms with Gasteiger partial charge in [-0.05, 0) is 48.7 Å². The van der Waals surface area contributed by atoms with Crippen molar-refractivity contribution in [2.45, 2.75) is 51.6 Å². The summed E-state index contributed by atoms with van der Waals surface area (Å²) in [7, 11) is 0. The molecular weight excluding hydrogens is 336 g/mol. The van der Waals surface area contributed by atoms with Gasteiger partial charge in [0.2, 0.25) is 0 Å². The van der Waals surface area contributed by atoms with E-state index in [2.05, 4.69) is 15.9 Å². The summed E-state index contributed by atoms with van der Waals surface area (Å²) >= 11 is 3.40. The topological polar surface area (TPSA) is 62.5 Å². The van der Waals surface area contributed by atoms with Crippen molar-refractivity contribution in [3.63, 3.8) is 0 Å². The first kappa shape index (κ1) is 16.1. The van der Waals surface area contributed by atoms with Gasteiger partial charge in [0.05, 0.1) is 0 Å². The van der Waals surface area contributed by atoms with Crippen LogP contribution in [0.4, 0.5) is 0 Å². The molecule has 0 spiro atoms. The Morgan fingerprint density at radius 3 is 2.67 bits per heavy atom. The number of likely N-dealkylation sites (tertiary alicyclic amines) is 1. The number of carbonyl (C=O) groups is 2. The first-order chi connectivity index (χ1) is 9.91. The summed E-state index contributed by atoms with van der Waals surface area (Å²) in [6.07, 6.45) is 5.09. The average Bonchev–Trinajstić information content (AvgIpc) is 2.66. The van der Waals surface area contributed by atoms with Crippen molar-refractivity contribution < 1.29 is 14.7 Å². The van der Waals surface area contributed by atoms with E-state index in [0.717, 1.165) is 23.7 Å². The number of aromatic nitrogens is 1. The van der Waals surface area contributed by atoms with Crippen LogP contribution < -0.4 is 0 Å². The zero-order valence-corrected chi connectivity index (χ0v) is 14.0. The van der Waals surface area contributed by atoms with Crippen LogP contribution in [0, 0.1) is 0 Å². The molecule has 0 aliphatic carbocycles. The van der Waals surface area contributed by atoms with Gasteiger partial charge in [0.25, 0.3) is 5.91 Å². The maximum absolute atomic E-state index is 12.8. The summed E-state index contributed by atoms with van der Waals surface area (Å²) in [5.41, 5.74) is 0.546. The van der Waals surface area contributed by atoms with Gasteiger partial charge in [-0.15, -0.1) is 0 Å². The van der Waals surface area contributed by atoms with Crippen LogP contribution in [0.3, 0.4) is 0 Å². The number of aliphatic carboxylic acids is 1. The van der Waals surface area contributed by atoms with Crippen LogP contribution in [0.15, 0.2) is 16.7 Å². The van der Waals surface area contributed by atoms with Crippen LogP contribution in [0.1, 0.15) is 56.1 Å². The van der Waals surface area contributed by atoms with Crippen molar-refractivity contribution in [1.82, 2.24) is 9.47 Å². The molecule has 0 saturated carbocycles. The van der Waals surface area contributed by atoms with Gasteiger partial charge in [-0.1, -0.05) is 12.8 Å². The standard InChI is InChI=1S/C15H21BrN2O3/c1-10(2)18-9-11(16)8-13(18)14(19)17-7-5-3-4-6-12(17)15(20)21/h8-10,12H,3-7H2,1-2H3,(H,20,21). The van der Waals surface area contributed by atoms with Gasteiger partial charge in [-0.2, -0.15) is 0 Å². The van der Waals surface area contributed by atoms with E-state index in [-0.39, 0.29) is 11.9 Å². The molecule has 1 amide bonds. The fourth-order valence-corrected chi connectivity index (χ4v) is 3.24. The minimum Gasteiger partial charge on any atom is -0.480 e. The van der Waals surface area contributed by atoms with E-state index in [1.165, 1.54) is 4.90 Å². The molecule has 1 saturated heterocycles. The lowest BCUT2D eigenvalue weighted by Crippen LogP contribution is -2.45. The molecule has 6 heteroatoms. The smallest absolute Gasteiger partial charge is 0.326 e. The van der Waals surface area contributed by atoms with Crippen LogP contribution in [0.25, 0.3) is 0 Å². The van der Waals surface area contributed by atoms with Gasteiger partial charge in [-0.3, -0.25) is 4.79 Å². The molecule has 1 aromatic heterocycles. The summed E-state index contributed by atoms with van der Waals surface area (Å²) in [5, 5.41) is 9.40. The molecule has 1 aromatic rings. The summed E-state index contributed by atoms with van der Waals surface area (Å²) < 4.78 is 2.72. The third-order valence-corrected chi connectivity index (χ3v) is 4.32. The number of hydrogen-bond donors (Lipinski definition) is 1. The molecule has 0 radical (unpaired) electrons. The Morgan fingerprint density at radius 2 is 2.05 bits per heavy atom. The lowest BCUT2D eigenvalue weighted by molar-refractivity contribution is -0.142. The number of carbonyl (C=O) groups excluding carboxylic acids is 1. The Balaban J connectivity index is 2.34. The SMILES string of the molecule is CC(C)n1cc(Br)cc1C(=O)N1CCCCCC1C(=O)O. The molecule has 2 rings (SSSR count). The molecule has 0 aromatic carbocycles. The Hall–Kier alpha value is -1.30. The van der Waals surface area contributed by atoms with Crippen molar-refractivity contribution >= 4 is 27.8 Å². The summed E-state index contributed by atoms with van der Waals surface area (Å²) in [4.78, 5) is 25.8. The molecule has 2 heterocycles. The van der Waals surface area contributed by atoms with E-state index < -0.39 is 12.0 Å². The maximum atomic E-state index is 12.8. The highest BCUT2D eigenvalue weighted by Crippen LogP contribution is 2.24. The summed E-state index contributed by atoms with van der Waals surface area (Å²) in [6.45, 7) is 4.51. The van der Waals surface area contributed by atoms with Crippen molar-refractivity contribution in [1.29, 1.82) is 0 Å². The van der Waals surface area contributed by atoms with Gasteiger partial charge >= 0.3 is 5.97 Å². The van der Waals surface area contributed by atoms with Crippen LogP contribution >= 0.6 is 15.9 Å². The largest absolute Gasteiger partial charge is 0.480 e. The third-order valence-electron chi connectivity index (χ3n) is 3.89. The third kappa shape index (κ3) is 3.48. The molecule has 1 unspecified atom stereocenters. The van der Waals surface area contributed by atoms with E-state index >= 15 is 0 Å². The normalized spacial score (nSPS) is 19.6. The zero-order chi connectivity index (χ0) is 15.6. The first-order valence-corrected chi connectivity index (χ1v) is 8.12. The van der Waals surface area contributed by atoms with Crippen molar-refractivity contribution in [3.05, 3.63) is 22.4 Å². The van der Waals surface area contributed by atoms with Gasteiger partial charge in [0.1, 0.15) is 11.7 Å². The minimum absolute atomic E-state index is 0.144. The lowest BCUT2D eigenvalue weighted by atomic mass is 10.1. The van der Waals surface area contributed by atoms with Crippen LogP contribution in [-0.4, -0.2) is 39.0 Å². The molecule has 1 aliphatic heterocycles. The van der Waals surface area contributed by atoms with Gasteiger partial charge in [0, 0.05) is 23.3 Å². The number of carboxylic acids is 1. The van der Waals surface area contributed by atoms with Crippen molar-refractivity contribution in [3.8, 4) is 0 Å². The van der Waals surface area contributed by atoms with E-state index in [1.807, 2.05) is 24.6 Å². The van der Waals surface area contributed by atoms with Gasteiger partial charge in [0.15, 0.2) is 0 Å². The number of rotatable bonds is 3. The molecule has 1 fully saturated rings. The van der Waals surface area contributed by atoms with Crippen molar-refractivity contribution in [2.24, 2.45) is 0 Å². The van der Waals surface area contributed by atoms with Crippen molar-refractivity contribution in [2.75, 3.05) is 6.54 Å². The number of carboxylic acid groups (broad SMARTS) is 1. The van der Waals surface area contributed by atoms with E-state index in [0.29, 0.717) is 18.7 Å². The second-order valence-electron chi connectivity index (χ2n) is 5.75. The molecular formula is C15H21BrN2O3.